The Labute approximate surface area is 108 Å². The molecule has 0 heterocycles. The number of benzene rings is 1. The lowest BCUT2D eigenvalue weighted by molar-refractivity contribution is -0.125. The maximum Gasteiger partial charge on any atom is 0.254 e. The van der Waals surface area contributed by atoms with Crippen LogP contribution in [-0.4, -0.2) is 25.7 Å². The average Bonchev–Trinajstić information content (AvgIpc) is 2.25. The van der Waals surface area contributed by atoms with E-state index in [9.17, 15) is 4.79 Å². The summed E-state index contributed by atoms with van der Waals surface area (Å²) in [6, 6.07) is 5.90. The summed E-state index contributed by atoms with van der Waals surface area (Å²) < 4.78 is 4.97. The molecule has 0 aromatic heterocycles. The zero-order chi connectivity index (χ0) is 12.1. The van der Waals surface area contributed by atoms with Crippen molar-refractivity contribution in [2.45, 2.75) is 20.0 Å². The number of amides is 1. The number of halogens is 1. The molecule has 1 atom stereocenters. The van der Waals surface area contributed by atoms with Crippen LogP contribution in [0.5, 0.6) is 0 Å². The van der Waals surface area contributed by atoms with Crippen molar-refractivity contribution in [2.75, 3.05) is 19.0 Å². The van der Waals surface area contributed by atoms with Crippen LogP contribution in [0.25, 0.3) is 0 Å². The van der Waals surface area contributed by atoms with E-state index in [1.807, 2.05) is 32.0 Å². The fourth-order valence-electron chi connectivity index (χ4n) is 1.39. The van der Waals surface area contributed by atoms with E-state index in [0.717, 1.165) is 16.8 Å². The molecular formula is C12H19ClN2O2. The lowest BCUT2D eigenvalue weighted by Gasteiger charge is -2.14. The second-order valence-electron chi connectivity index (χ2n) is 3.77. The van der Waals surface area contributed by atoms with Crippen LogP contribution in [-0.2, 0) is 9.53 Å². The van der Waals surface area contributed by atoms with E-state index in [4.69, 9.17) is 10.5 Å². The molecule has 0 bridgehead atoms. The van der Waals surface area contributed by atoms with Gasteiger partial charge in [0, 0.05) is 19.3 Å². The highest BCUT2D eigenvalue weighted by molar-refractivity contribution is 5.95. The van der Waals surface area contributed by atoms with Gasteiger partial charge in [0.05, 0.1) is 0 Å². The van der Waals surface area contributed by atoms with Gasteiger partial charge in [-0.2, -0.15) is 0 Å². The summed E-state index contributed by atoms with van der Waals surface area (Å²) in [5, 5.41) is 2.81. The van der Waals surface area contributed by atoms with Crippen LogP contribution in [0.15, 0.2) is 18.2 Å². The van der Waals surface area contributed by atoms with Crippen molar-refractivity contribution in [3.8, 4) is 0 Å². The first-order valence-electron chi connectivity index (χ1n) is 5.19. The van der Waals surface area contributed by atoms with E-state index in [1.165, 1.54) is 7.11 Å². The molecule has 1 amide bonds. The molecule has 1 rings (SSSR count). The highest BCUT2D eigenvalue weighted by Crippen LogP contribution is 2.16. The summed E-state index contributed by atoms with van der Waals surface area (Å²) in [4.78, 5) is 11.7. The molecule has 96 valence electrons. The molecule has 4 nitrogen and oxygen atoms in total. The Balaban J connectivity index is 0.00000256. The molecule has 0 aliphatic heterocycles. The van der Waals surface area contributed by atoms with E-state index in [1.54, 1.807) is 0 Å². The maximum atomic E-state index is 11.7. The maximum absolute atomic E-state index is 11.7. The Bertz CT molecular complexity index is 379. The highest BCUT2D eigenvalue weighted by atomic mass is 35.5. The van der Waals surface area contributed by atoms with Crippen LogP contribution in [0.1, 0.15) is 11.1 Å². The van der Waals surface area contributed by atoms with Gasteiger partial charge in [0.1, 0.15) is 6.10 Å². The number of aryl methyl sites for hydroxylation is 2. The fraction of sp³-hybridized carbons (Fsp3) is 0.417. The predicted octanol–water partition coefficient (Wildman–Crippen LogP) is 1.64. The smallest absolute Gasteiger partial charge is 0.254 e. The standard InChI is InChI=1S/C12H18N2O2.ClH/c1-8-4-5-9(2)10(6-8)14-12(15)11(7-13)16-3;/h4-6,11H,7,13H2,1-3H3,(H,14,15);1H. The van der Waals surface area contributed by atoms with Crippen LogP contribution >= 0.6 is 12.4 Å². The number of anilines is 1. The van der Waals surface area contributed by atoms with Crippen LogP contribution in [0, 0.1) is 13.8 Å². The van der Waals surface area contributed by atoms with Crippen LogP contribution in [0.4, 0.5) is 5.69 Å². The lowest BCUT2D eigenvalue weighted by atomic mass is 10.1. The Morgan fingerprint density at radius 3 is 2.65 bits per heavy atom. The van der Waals surface area contributed by atoms with E-state index in [-0.39, 0.29) is 24.9 Å². The third kappa shape index (κ3) is 4.34. The van der Waals surface area contributed by atoms with Crippen molar-refractivity contribution in [1.82, 2.24) is 0 Å². The number of carbonyl (C=O) groups is 1. The van der Waals surface area contributed by atoms with E-state index >= 15 is 0 Å². The average molecular weight is 259 g/mol. The van der Waals surface area contributed by atoms with E-state index < -0.39 is 6.10 Å². The molecule has 0 radical (unpaired) electrons. The van der Waals surface area contributed by atoms with Crippen LogP contribution < -0.4 is 11.1 Å². The minimum Gasteiger partial charge on any atom is -0.370 e. The predicted molar refractivity (Wildman–Crippen MR) is 71.6 cm³/mol. The first-order valence-corrected chi connectivity index (χ1v) is 5.19. The molecule has 1 aromatic carbocycles. The van der Waals surface area contributed by atoms with Crippen molar-refractivity contribution in [3.63, 3.8) is 0 Å². The molecule has 0 aliphatic carbocycles. The zero-order valence-electron chi connectivity index (χ0n) is 10.3. The van der Waals surface area contributed by atoms with Crippen molar-refractivity contribution >= 4 is 24.0 Å². The number of carbonyl (C=O) groups excluding carboxylic acids is 1. The quantitative estimate of drug-likeness (QED) is 0.863. The van der Waals surface area contributed by atoms with Gasteiger partial charge in [0.2, 0.25) is 0 Å². The second-order valence-corrected chi connectivity index (χ2v) is 3.77. The molecule has 0 saturated heterocycles. The number of nitrogens with one attached hydrogen (secondary N) is 1. The summed E-state index contributed by atoms with van der Waals surface area (Å²) >= 11 is 0. The van der Waals surface area contributed by atoms with E-state index in [2.05, 4.69) is 5.32 Å². The Morgan fingerprint density at radius 1 is 1.47 bits per heavy atom. The van der Waals surface area contributed by atoms with Gasteiger partial charge in [-0.15, -0.1) is 12.4 Å². The largest absolute Gasteiger partial charge is 0.370 e. The topological polar surface area (TPSA) is 64.3 Å². The van der Waals surface area contributed by atoms with Gasteiger partial charge in [-0.1, -0.05) is 12.1 Å². The van der Waals surface area contributed by atoms with Gasteiger partial charge in [0.25, 0.3) is 5.91 Å². The van der Waals surface area contributed by atoms with Gasteiger partial charge < -0.3 is 15.8 Å². The van der Waals surface area contributed by atoms with Crippen molar-refractivity contribution < 1.29 is 9.53 Å². The number of methoxy groups -OCH3 is 1. The zero-order valence-corrected chi connectivity index (χ0v) is 11.1. The molecule has 17 heavy (non-hydrogen) atoms. The Morgan fingerprint density at radius 2 is 2.12 bits per heavy atom. The number of nitrogens with two attached hydrogens (primary N) is 1. The molecule has 5 heteroatoms. The summed E-state index contributed by atoms with van der Waals surface area (Å²) in [7, 11) is 1.47. The van der Waals surface area contributed by atoms with E-state index in [0.29, 0.717) is 0 Å². The highest BCUT2D eigenvalue weighted by Gasteiger charge is 2.16. The number of ether oxygens (including phenoxy) is 1. The summed E-state index contributed by atoms with van der Waals surface area (Å²) in [5.74, 6) is -0.210. The monoisotopic (exact) mass is 258 g/mol. The molecule has 0 saturated carbocycles. The fourth-order valence-corrected chi connectivity index (χ4v) is 1.39. The Hall–Kier alpha value is -1.10. The molecule has 3 N–H and O–H groups in total. The SMILES string of the molecule is COC(CN)C(=O)Nc1cc(C)ccc1C.Cl. The van der Waals surface area contributed by atoms with Gasteiger partial charge in [-0.05, 0) is 31.0 Å². The molecule has 1 unspecified atom stereocenters. The molecular weight excluding hydrogens is 240 g/mol. The van der Waals surface area contributed by atoms with Gasteiger partial charge in [0.15, 0.2) is 0 Å². The Kier molecular flexibility index (Phi) is 6.80. The molecule has 1 aromatic rings. The van der Waals surface area contributed by atoms with Crippen molar-refractivity contribution in [3.05, 3.63) is 29.3 Å². The minimum absolute atomic E-state index is 0. The number of hydrogen-bond donors (Lipinski definition) is 2. The summed E-state index contributed by atoms with van der Waals surface area (Å²) in [5.41, 5.74) is 8.34. The first kappa shape index (κ1) is 15.9. The molecule has 0 fully saturated rings. The van der Waals surface area contributed by atoms with Gasteiger partial charge in [-0.3, -0.25) is 4.79 Å². The normalized spacial score (nSPS) is 11.5. The van der Waals surface area contributed by atoms with Crippen LogP contribution in [0.3, 0.4) is 0 Å². The minimum atomic E-state index is -0.597. The van der Waals surface area contributed by atoms with Crippen LogP contribution in [0.2, 0.25) is 0 Å². The lowest BCUT2D eigenvalue weighted by Crippen LogP contribution is -2.36. The summed E-state index contributed by atoms with van der Waals surface area (Å²) in [6.45, 7) is 4.10. The third-order valence-corrected chi connectivity index (χ3v) is 2.44. The summed E-state index contributed by atoms with van der Waals surface area (Å²) in [6.07, 6.45) is -0.597. The molecule has 0 aliphatic rings. The van der Waals surface area contributed by atoms with Gasteiger partial charge >= 0.3 is 0 Å². The number of hydrogen-bond acceptors (Lipinski definition) is 3. The first-order chi connectivity index (χ1) is 7.58. The van der Waals surface area contributed by atoms with Gasteiger partial charge in [-0.25, -0.2) is 0 Å². The molecule has 0 spiro atoms. The second kappa shape index (κ2) is 7.27. The van der Waals surface area contributed by atoms with Crippen molar-refractivity contribution in [1.29, 1.82) is 0 Å². The third-order valence-electron chi connectivity index (χ3n) is 2.44. The van der Waals surface area contributed by atoms with Crippen molar-refractivity contribution in [2.24, 2.45) is 5.73 Å². The number of rotatable bonds is 4.